The van der Waals surface area contributed by atoms with Crippen LogP contribution in [-0.2, 0) is 20.3 Å². The highest BCUT2D eigenvalue weighted by molar-refractivity contribution is 9.10. The third-order valence-electron chi connectivity index (χ3n) is 11.4. The SMILES string of the molecule is CC(Oc1cc2nc(C34COC(C)(C3)C4)cn2cc1Br)C(F)(F)F.COc1ncccc1C(=O)Nc1cn2cc(C34COC(C)(C3)C4)nc2cc1OC(C)C(F)(F)F. The summed E-state index contributed by atoms with van der Waals surface area (Å²) in [6.45, 7) is 7.22. The fourth-order valence-electron chi connectivity index (χ4n) is 8.53. The molecule has 2 atom stereocenters. The zero-order valence-corrected chi connectivity index (χ0v) is 33.5. The molecule has 12 nitrogen and oxygen atoms in total. The van der Waals surface area contributed by atoms with E-state index in [1.807, 2.05) is 12.4 Å². The number of alkyl halides is 6. The number of carbonyl (C=O) groups excluding carboxylic acids is 1. The van der Waals surface area contributed by atoms with Crippen LogP contribution >= 0.6 is 15.9 Å². The number of fused-ring (bicyclic) bond motifs is 4. The maximum atomic E-state index is 13.2. The molecule has 4 bridgehead atoms. The Bertz CT molecular complexity index is 2400. The second-order valence-electron chi connectivity index (χ2n) is 16.2. The molecule has 310 valence electrons. The number of hydrogen-bond acceptors (Lipinski definition) is 9. The standard InChI is InChI=1S/C23H23F3N4O4.C16H16BrF3N2O2/c1-13(23(24,25)26)34-16-7-18-29-17(22-10-21(2,11-22)33-12-22)9-30(18)8-15(16)28-19(31)14-5-4-6-27-20(14)32-3;1-9(16(18,19)20)24-11-3-13-21-12(5-22(13)4-10(11)17)15-6-14(2,7-15)23-8-15/h4-9,13H,10-12H2,1-3H3,(H,28,31);3-5,9H,6-8H2,1-2H3. The Hall–Kier alpha value is -4.62. The van der Waals surface area contributed by atoms with Crippen molar-refractivity contribution in [2.45, 2.75) is 100.0 Å². The number of methoxy groups -OCH3 is 1. The van der Waals surface area contributed by atoms with Gasteiger partial charge in [0.2, 0.25) is 5.88 Å². The summed E-state index contributed by atoms with van der Waals surface area (Å²) in [5.74, 6) is -0.537. The van der Waals surface area contributed by atoms with E-state index in [4.69, 9.17) is 23.7 Å². The lowest BCUT2D eigenvalue weighted by Crippen LogP contribution is -2.45. The highest BCUT2D eigenvalue weighted by atomic mass is 79.9. The Kier molecular flexibility index (Phi) is 9.51. The van der Waals surface area contributed by atoms with Crippen LogP contribution in [0.15, 0.2) is 59.7 Å². The van der Waals surface area contributed by atoms with E-state index < -0.39 is 30.5 Å². The first-order chi connectivity index (χ1) is 27.1. The van der Waals surface area contributed by atoms with Crippen molar-refractivity contribution in [2.75, 3.05) is 25.6 Å². The fourth-order valence-corrected chi connectivity index (χ4v) is 8.96. The molecule has 1 N–H and O–H groups in total. The van der Waals surface area contributed by atoms with Gasteiger partial charge in [-0.3, -0.25) is 4.79 Å². The van der Waals surface area contributed by atoms with Gasteiger partial charge in [-0.05, 0) is 81.4 Å². The molecule has 2 unspecified atom stereocenters. The number of hydrogen-bond donors (Lipinski definition) is 1. The molecule has 58 heavy (non-hydrogen) atoms. The zero-order chi connectivity index (χ0) is 41.6. The topological polar surface area (TPSA) is 123 Å². The van der Waals surface area contributed by atoms with Crippen LogP contribution in [-0.4, -0.2) is 85.7 Å². The van der Waals surface area contributed by atoms with Gasteiger partial charge >= 0.3 is 12.4 Å². The van der Waals surface area contributed by atoms with Gasteiger partial charge < -0.3 is 37.8 Å². The van der Waals surface area contributed by atoms with Crippen molar-refractivity contribution in [1.29, 1.82) is 0 Å². The maximum absolute atomic E-state index is 13.2. The summed E-state index contributed by atoms with van der Waals surface area (Å²) in [4.78, 5) is 26.2. The van der Waals surface area contributed by atoms with Crippen molar-refractivity contribution in [3.63, 3.8) is 0 Å². The van der Waals surface area contributed by atoms with E-state index in [-0.39, 0.29) is 50.7 Å². The van der Waals surface area contributed by atoms with Gasteiger partial charge in [-0.2, -0.15) is 26.3 Å². The lowest BCUT2D eigenvalue weighted by Gasteiger charge is -2.41. The monoisotopic (exact) mass is 880 g/mol. The van der Waals surface area contributed by atoms with Crippen LogP contribution in [0, 0.1) is 0 Å². The molecule has 2 aliphatic carbocycles. The molecule has 6 aliphatic rings. The van der Waals surface area contributed by atoms with Crippen molar-refractivity contribution >= 4 is 38.8 Å². The van der Waals surface area contributed by atoms with Gasteiger partial charge in [-0.1, -0.05) is 0 Å². The van der Waals surface area contributed by atoms with Gasteiger partial charge in [0, 0.05) is 53.9 Å². The highest BCUT2D eigenvalue weighted by Crippen LogP contribution is 2.59. The van der Waals surface area contributed by atoms with Crippen molar-refractivity contribution in [1.82, 2.24) is 23.8 Å². The van der Waals surface area contributed by atoms with Crippen LogP contribution in [0.2, 0.25) is 0 Å². The van der Waals surface area contributed by atoms with Crippen LogP contribution in [0.4, 0.5) is 32.0 Å². The van der Waals surface area contributed by atoms with Crippen LogP contribution in [0.3, 0.4) is 0 Å². The largest absolute Gasteiger partial charge is 0.480 e. The Morgan fingerprint density at radius 3 is 1.81 bits per heavy atom. The summed E-state index contributed by atoms with van der Waals surface area (Å²) >= 11 is 3.27. The Morgan fingerprint density at radius 2 is 1.33 bits per heavy atom. The molecule has 2 saturated carbocycles. The molecule has 5 aromatic heterocycles. The van der Waals surface area contributed by atoms with E-state index in [1.165, 1.54) is 37.7 Å². The average molecular weight is 882 g/mol. The summed E-state index contributed by atoms with van der Waals surface area (Å²) in [6.07, 6.45) is -1.08. The number of aromatic nitrogens is 5. The molecule has 6 fully saturated rings. The third-order valence-corrected chi connectivity index (χ3v) is 12.0. The molecular formula is C39H39BrF6N6O6. The first-order valence-corrected chi connectivity index (χ1v) is 19.2. The molecule has 5 aromatic rings. The van der Waals surface area contributed by atoms with Gasteiger partial charge in [0.25, 0.3) is 5.91 Å². The Balaban J connectivity index is 0.000000172. The summed E-state index contributed by atoms with van der Waals surface area (Å²) in [5.41, 5.74) is 2.42. The molecular weight excluding hydrogens is 842 g/mol. The normalized spacial score (nSPS) is 27.0. The number of nitrogens with zero attached hydrogens (tertiary/aromatic N) is 5. The van der Waals surface area contributed by atoms with E-state index in [1.54, 1.807) is 21.1 Å². The number of imidazole rings is 2. The highest BCUT2D eigenvalue weighted by Gasteiger charge is 2.62. The quantitative estimate of drug-likeness (QED) is 0.146. The van der Waals surface area contributed by atoms with E-state index >= 15 is 0 Å². The van der Waals surface area contributed by atoms with E-state index in [2.05, 4.69) is 50.0 Å². The molecule has 0 aromatic carbocycles. The Morgan fingerprint density at radius 1 is 0.828 bits per heavy atom. The smallest absolute Gasteiger partial charge is 0.425 e. The van der Waals surface area contributed by atoms with Gasteiger partial charge in [0.1, 0.15) is 34.0 Å². The van der Waals surface area contributed by atoms with Crippen LogP contribution in [0.1, 0.15) is 75.1 Å². The third kappa shape index (κ3) is 7.22. The molecule has 11 rings (SSSR count). The molecule has 0 radical (unpaired) electrons. The summed E-state index contributed by atoms with van der Waals surface area (Å²) in [6, 6.07) is 5.98. The number of halogens is 7. The number of nitrogens with one attached hydrogen (secondary N) is 1. The minimum Gasteiger partial charge on any atom is -0.480 e. The molecule has 4 saturated heterocycles. The molecule has 4 aliphatic heterocycles. The van der Waals surface area contributed by atoms with E-state index in [9.17, 15) is 31.1 Å². The fraction of sp³-hybridized carbons (Fsp3) is 0.487. The van der Waals surface area contributed by atoms with Crippen LogP contribution in [0.25, 0.3) is 11.3 Å². The molecule has 1 amide bonds. The predicted molar refractivity (Wildman–Crippen MR) is 200 cm³/mol. The summed E-state index contributed by atoms with van der Waals surface area (Å²) < 4.78 is 109. The minimum absolute atomic E-state index is 0.0488. The first kappa shape index (κ1) is 40.2. The van der Waals surface area contributed by atoms with Crippen LogP contribution in [0.5, 0.6) is 17.4 Å². The van der Waals surface area contributed by atoms with Gasteiger partial charge in [-0.15, -0.1) is 0 Å². The first-order valence-electron chi connectivity index (χ1n) is 18.4. The number of amides is 1. The van der Waals surface area contributed by atoms with E-state index in [0.717, 1.165) is 50.9 Å². The zero-order valence-electron chi connectivity index (χ0n) is 31.9. The van der Waals surface area contributed by atoms with Gasteiger partial charge in [-0.25, -0.2) is 15.0 Å². The van der Waals surface area contributed by atoms with Crippen molar-refractivity contribution < 1.29 is 54.8 Å². The minimum atomic E-state index is -4.59. The summed E-state index contributed by atoms with van der Waals surface area (Å²) in [7, 11) is 1.37. The maximum Gasteiger partial charge on any atom is 0.425 e. The number of pyridine rings is 3. The molecule has 19 heteroatoms. The Labute approximate surface area is 336 Å². The lowest BCUT2D eigenvalue weighted by atomic mass is 9.62. The van der Waals surface area contributed by atoms with E-state index in [0.29, 0.717) is 29.0 Å². The lowest BCUT2D eigenvalue weighted by molar-refractivity contribution is -0.189. The van der Waals surface area contributed by atoms with Gasteiger partial charge in [0.05, 0.1) is 47.4 Å². The van der Waals surface area contributed by atoms with Crippen molar-refractivity contribution in [3.05, 3.63) is 76.7 Å². The van der Waals surface area contributed by atoms with Gasteiger partial charge in [0.15, 0.2) is 12.2 Å². The van der Waals surface area contributed by atoms with Crippen LogP contribution < -0.4 is 19.5 Å². The molecule has 9 heterocycles. The second-order valence-corrected chi connectivity index (χ2v) is 17.0. The van der Waals surface area contributed by atoms with Crippen molar-refractivity contribution in [3.8, 4) is 17.4 Å². The predicted octanol–water partition coefficient (Wildman–Crippen LogP) is 8.39. The molecule has 0 spiro atoms. The number of rotatable bonds is 9. The number of carbonyl (C=O) groups is 1. The van der Waals surface area contributed by atoms with Crippen molar-refractivity contribution in [2.24, 2.45) is 0 Å². The number of anilines is 1. The number of ether oxygens (including phenoxy) is 5. The second kappa shape index (κ2) is 13.7. The average Bonchev–Trinajstić information content (AvgIpc) is 3.98. The summed E-state index contributed by atoms with van der Waals surface area (Å²) in [5, 5.41) is 2.63.